The van der Waals surface area contributed by atoms with Crippen molar-refractivity contribution in [1.29, 1.82) is 0 Å². The molecule has 0 amide bonds. The second kappa shape index (κ2) is 10.2. The van der Waals surface area contributed by atoms with Crippen LogP contribution in [0.1, 0.15) is 22.3 Å². The largest absolute Gasteiger partial charge is 0.469 e. The molecule has 0 fully saturated rings. The number of hydrogen-bond donors (Lipinski definition) is 0. The number of carbonyl (C=O) groups excluding carboxylic acids is 2. The molecule has 0 bridgehead atoms. The van der Waals surface area contributed by atoms with E-state index in [1.807, 2.05) is 0 Å². The molecule has 4 nitrogen and oxygen atoms in total. The molecular formula is C86H20F3O4P. The highest BCUT2D eigenvalue weighted by Crippen LogP contribution is 2.87. The van der Waals surface area contributed by atoms with E-state index in [-0.39, 0.29) is 5.97 Å². The van der Waals surface area contributed by atoms with Crippen LogP contribution >= 0.6 is 6.89 Å². The lowest BCUT2D eigenvalue weighted by Crippen LogP contribution is -2.56. The van der Waals surface area contributed by atoms with Gasteiger partial charge in [-0.2, -0.15) is 0 Å². The van der Waals surface area contributed by atoms with Crippen LogP contribution < -0.4 is 15.9 Å². The second-order valence-electron chi connectivity index (χ2n) is 30.8. The lowest BCUT2D eigenvalue weighted by atomic mass is 9.46. The Morgan fingerprint density at radius 2 is 0.500 bits per heavy atom. The van der Waals surface area contributed by atoms with Gasteiger partial charge in [-0.3, -0.25) is 4.79 Å². The van der Waals surface area contributed by atoms with E-state index in [0.29, 0.717) is 26.8 Å². The molecule has 414 valence electrons. The molecule has 2 spiro atoms. The molecule has 0 aliphatic heterocycles. The van der Waals surface area contributed by atoms with Crippen molar-refractivity contribution in [2.75, 3.05) is 14.2 Å². The van der Waals surface area contributed by atoms with Gasteiger partial charge in [-0.05, 0) is 378 Å². The van der Waals surface area contributed by atoms with Gasteiger partial charge in [-0.15, -0.1) is 0 Å². The maximum atomic E-state index is 17.3. The third-order valence-electron chi connectivity index (χ3n) is 29.7. The monoisotopic (exact) mass is 1200 g/mol. The summed E-state index contributed by atoms with van der Waals surface area (Å²) in [4.78, 5) is 34.3. The third-order valence-corrected chi connectivity index (χ3v) is 34.0. The SMILES string of the molecule is COC(=O)C(C1=CC(C(=O)OC)C23c4c5c6c7c8c9c(c%10c%11c2c2c4c4c%12c5c5c6c6c8c8c%13c9c9c%10c%10c%11c%11c2c2c4c4c%12c%12c5c5c6c8c6c8c%13c9c9c%10c%10c%11c2c2c4c4c%12c5c6c5c8c9c%10c2c45)C173)=P(c1ccc(F)cc1)(c1ccc(F)cc1)c1ccc(F)cc1. The van der Waals surface area contributed by atoms with Crippen LogP contribution in [0.2, 0.25) is 0 Å². The molecule has 31 aromatic carbocycles. The third kappa shape index (κ3) is 2.57. The molecule has 0 saturated heterocycles. The number of halogens is 3. The van der Waals surface area contributed by atoms with E-state index < -0.39 is 47.1 Å². The average Bonchev–Trinajstić information content (AvgIpc) is 1.38. The van der Waals surface area contributed by atoms with E-state index >= 15 is 22.8 Å². The predicted molar refractivity (Wildman–Crippen MR) is 380 cm³/mol. The smallest absolute Gasteiger partial charge is 0.339 e. The van der Waals surface area contributed by atoms with Crippen molar-refractivity contribution >= 4 is 331 Å². The van der Waals surface area contributed by atoms with Gasteiger partial charge >= 0.3 is 11.9 Å². The van der Waals surface area contributed by atoms with Gasteiger partial charge in [0.05, 0.1) is 36.3 Å². The van der Waals surface area contributed by atoms with Gasteiger partial charge in [0, 0.05) is 0 Å². The fourth-order valence-corrected chi connectivity index (χ4v) is 33.2. The van der Waals surface area contributed by atoms with Gasteiger partial charge < -0.3 is 9.47 Å². The summed E-state index contributed by atoms with van der Waals surface area (Å²) < 4.78 is 61.4. The lowest BCUT2D eigenvalue weighted by molar-refractivity contribution is -0.145. The Morgan fingerprint density at radius 1 is 0.298 bits per heavy atom. The minimum atomic E-state index is -3.92. The summed E-state index contributed by atoms with van der Waals surface area (Å²) in [5.74, 6) is -3.42. The second-order valence-corrected chi connectivity index (χ2v) is 34.2. The Kier molecular flexibility index (Phi) is 4.43. The maximum absolute atomic E-state index is 17.3. The molecule has 0 aromatic heterocycles. The summed E-state index contributed by atoms with van der Waals surface area (Å²) in [6.07, 6.45) is 2.20. The van der Waals surface area contributed by atoms with Gasteiger partial charge in [-0.1, -0.05) is 42.5 Å². The van der Waals surface area contributed by atoms with Crippen LogP contribution in [0.4, 0.5) is 13.2 Å². The van der Waals surface area contributed by atoms with Crippen LogP contribution in [0.25, 0.3) is 291 Å². The molecular weight excluding hydrogens is 1180 g/mol. The molecule has 5 aliphatic carbocycles. The molecule has 0 radical (unpaired) electrons. The molecule has 1 atom stereocenters. The zero-order valence-corrected chi connectivity index (χ0v) is 49.2. The number of carbonyl (C=O) groups is 2. The first kappa shape index (κ1) is 40.7. The van der Waals surface area contributed by atoms with Gasteiger partial charge in [0.25, 0.3) is 0 Å². The van der Waals surface area contributed by atoms with E-state index in [1.54, 1.807) is 43.5 Å². The van der Waals surface area contributed by atoms with E-state index in [9.17, 15) is 0 Å². The number of benzene rings is 21. The van der Waals surface area contributed by atoms with Crippen molar-refractivity contribution in [2.45, 2.75) is 10.8 Å². The molecule has 31 aromatic rings. The zero-order chi connectivity index (χ0) is 58.9. The molecule has 1 unspecified atom stereocenters. The molecule has 0 saturated carbocycles. The molecule has 0 N–H and O–H groups in total. The van der Waals surface area contributed by atoms with Gasteiger partial charge in [0.15, 0.2) is 0 Å². The van der Waals surface area contributed by atoms with Crippen molar-refractivity contribution in [3.63, 3.8) is 0 Å². The van der Waals surface area contributed by atoms with Crippen LogP contribution in [0.15, 0.2) is 84.4 Å². The molecule has 36 rings (SSSR count). The zero-order valence-electron chi connectivity index (χ0n) is 48.3. The Bertz CT molecular complexity index is 8650. The molecule has 94 heavy (non-hydrogen) atoms. The van der Waals surface area contributed by atoms with E-state index in [0.717, 1.165) is 0 Å². The van der Waals surface area contributed by atoms with Gasteiger partial charge in [-0.25, -0.2) is 18.0 Å². The Hall–Kier alpha value is -11.1. The first-order valence-electron chi connectivity index (χ1n) is 33.0. The van der Waals surface area contributed by atoms with Crippen molar-refractivity contribution in [3.05, 3.63) is 124 Å². The topological polar surface area (TPSA) is 52.6 Å². The van der Waals surface area contributed by atoms with Crippen molar-refractivity contribution < 1.29 is 32.2 Å². The first-order valence-corrected chi connectivity index (χ1v) is 34.8. The average molecular weight is 1210 g/mol. The van der Waals surface area contributed by atoms with Crippen molar-refractivity contribution in [3.8, 4) is 0 Å². The number of hydrogen-bond acceptors (Lipinski definition) is 4. The highest BCUT2D eigenvalue weighted by Gasteiger charge is 2.77. The van der Waals surface area contributed by atoms with Crippen molar-refractivity contribution in [2.24, 2.45) is 5.92 Å². The minimum Gasteiger partial charge on any atom is -0.469 e. The minimum absolute atomic E-state index is 0.322. The summed E-state index contributed by atoms with van der Waals surface area (Å²) in [7, 11) is 2.99. The number of esters is 2. The van der Waals surface area contributed by atoms with E-state index in [4.69, 9.17) is 9.47 Å². The molecule has 5 aliphatic rings. The number of rotatable bonds is 6. The normalized spacial score (nSPS) is 20.5. The summed E-state index contributed by atoms with van der Waals surface area (Å²) in [6, 6.07) is 19.3. The number of methoxy groups -OCH3 is 2. The highest BCUT2D eigenvalue weighted by molar-refractivity contribution is 7.96. The Morgan fingerprint density at radius 3 is 0.702 bits per heavy atom. The molecule has 8 heteroatoms. The summed E-state index contributed by atoms with van der Waals surface area (Å²) in [5.41, 5.74) is 2.77. The summed E-state index contributed by atoms with van der Waals surface area (Å²) in [5, 5.41) is 77.4. The van der Waals surface area contributed by atoms with Crippen LogP contribution in [0.5, 0.6) is 0 Å². The fourth-order valence-electron chi connectivity index (χ4n) is 28.7. The van der Waals surface area contributed by atoms with Gasteiger partial charge in [0.2, 0.25) is 0 Å². The molecule has 0 heterocycles. The highest BCUT2D eigenvalue weighted by atomic mass is 31.2. The Labute approximate surface area is 515 Å². The predicted octanol–water partition coefficient (Wildman–Crippen LogP) is 19.8. The van der Waals surface area contributed by atoms with Crippen LogP contribution in [-0.4, -0.2) is 31.5 Å². The Balaban J connectivity index is 0.979. The standard InChI is InChI=1S/C86H20F3O4P/c1-92-83(90)23-15-22(82(84(91)93-2)94(19-9-3-16(87)4-10-19,20-11-5-17(88)6-12-20)21-13-7-18(89)8-14-21)85-78-70-62-52-42-34-26-24-25-28-32-30(26)38-46-40(32)50-44-36(28)37-29(25)33-31-27(24)35(34)43-49-39(31)47-41(33)51-45(37)55-54(44)64-58(50)68-60(46)66(56(62)48(38)42)72(78)76(68)80-74(64)75-65(55)59(51)69-61(47)67-57(49)63(53(43)52)71(70)79(85)73(67)77(69)81(75)86(23,80)85/h3-15,23H,1-2H3. The summed E-state index contributed by atoms with van der Waals surface area (Å²) in [6.45, 7) is -3.92. The maximum Gasteiger partial charge on any atom is 0.339 e. The summed E-state index contributed by atoms with van der Waals surface area (Å²) >= 11 is 0. The van der Waals surface area contributed by atoms with E-state index in [1.165, 1.54) is 357 Å². The van der Waals surface area contributed by atoms with Gasteiger partial charge in [0.1, 0.15) is 17.5 Å². The van der Waals surface area contributed by atoms with Crippen LogP contribution in [-0.2, 0) is 29.9 Å². The quantitative estimate of drug-likeness (QED) is 0.0946. The van der Waals surface area contributed by atoms with Crippen LogP contribution in [0.3, 0.4) is 0 Å². The van der Waals surface area contributed by atoms with Crippen molar-refractivity contribution in [1.82, 2.24) is 0 Å². The first-order chi connectivity index (χ1) is 46.3. The van der Waals surface area contributed by atoms with Crippen LogP contribution in [0, 0.1) is 23.4 Å². The lowest BCUT2D eigenvalue weighted by Gasteiger charge is -2.54. The fraction of sp³-hybridized carbons (Fsp3) is 0.0581. The van der Waals surface area contributed by atoms with E-state index in [2.05, 4.69) is 6.08 Å². The number of ether oxygens (including phenoxy) is 2.